The molecule has 4 atom stereocenters. The smallest absolute Gasteiger partial charge is 0.336 e. The number of fused-ring (bicyclic) bond motifs is 1. The summed E-state index contributed by atoms with van der Waals surface area (Å²) in [6, 6.07) is 0. The summed E-state index contributed by atoms with van der Waals surface area (Å²) >= 11 is 0. The topological polar surface area (TPSA) is 35.5 Å². The van der Waals surface area contributed by atoms with Crippen LogP contribution in [-0.2, 0) is 14.3 Å². The van der Waals surface area contributed by atoms with Crippen LogP contribution in [-0.4, -0.2) is 19.4 Å². The van der Waals surface area contributed by atoms with Crippen molar-refractivity contribution in [3.8, 4) is 0 Å². The van der Waals surface area contributed by atoms with Gasteiger partial charge in [0.15, 0.2) is 0 Å². The van der Waals surface area contributed by atoms with Crippen molar-refractivity contribution >= 4 is 5.97 Å². The fourth-order valence-corrected chi connectivity index (χ4v) is 5.77. The molecular formula is C21H32O3. The quantitative estimate of drug-likeness (QED) is 0.413. The van der Waals surface area contributed by atoms with Crippen LogP contribution in [0.1, 0.15) is 65.7 Å². The summed E-state index contributed by atoms with van der Waals surface area (Å²) in [7, 11) is 1.58. The number of allylic oxidation sites excluding steroid dienone is 2. The van der Waals surface area contributed by atoms with E-state index in [-0.39, 0.29) is 5.97 Å². The van der Waals surface area contributed by atoms with Gasteiger partial charge < -0.3 is 9.47 Å². The molecule has 134 valence electrons. The summed E-state index contributed by atoms with van der Waals surface area (Å²) < 4.78 is 10.4. The highest BCUT2D eigenvalue weighted by Gasteiger charge is 2.52. The van der Waals surface area contributed by atoms with E-state index < -0.39 is 6.29 Å². The first-order valence-electron chi connectivity index (χ1n) is 9.38. The van der Waals surface area contributed by atoms with Gasteiger partial charge in [-0.25, -0.2) is 4.79 Å². The summed E-state index contributed by atoms with van der Waals surface area (Å²) in [4.78, 5) is 12.0. The van der Waals surface area contributed by atoms with E-state index in [1.807, 2.05) is 0 Å². The molecule has 0 N–H and O–H groups in total. The second-order valence-electron chi connectivity index (χ2n) is 8.89. The van der Waals surface area contributed by atoms with Gasteiger partial charge in [-0.15, -0.1) is 0 Å². The molecule has 0 amide bonds. The van der Waals surface area contributed by atoms with Gasteiger partial charge >= 0.3 is 5.97 Å². The van der Waals surface area contributed by atoms with Gasteiger partial charge in [0, 0.05) is 19.1 Å². The molecule has 3 heteroatoms. The number of ether oxygens (including phenoxy) is 2. The monoisotopic (exact) mass is 332 g/mol. The highest BCUT2D eigenvalue weighted by molar-refractivity contribution is 5.90. The Balaban J connectivity index is 1.81. The molecule has 0 bridgehead atoms. The van der Waals surface area contributed by atoms with E-state index in [0.717, 1.165) is 24.3 Å². The number of cyclic esters (lactones) is 1. The highest BCUT2D eigenvalue weighted by atomic mass is 16.7. The van der Waals surface area contributed by atoms with Crippen molar-refractivity contribution in [3.63, 3.8) is 0 Å². The maximum absolute atomic E-state index is 12.0. The fraction of sp³-hybridized carbons (Fsp3) is 0.762. The molecule has 3 rings (SSSR count). The van der Waals surface area contributed by atoms with Gasteiger partial charge in [0.1, 0.15) is 0 Å². The predicted octanol–water partition coefficient (Wildman–Crippen LogP) is 5.02. The van der Waals surface area contributed by atoms with Gasteiger partial charge in [0.25, 0.3) is 0 Å². The summed E-state index contributed by atoms with van der Waals surface area (Å²) in [5.74, 6) is 1.00. The fourth-order valence-electron chi connectivity index (χ4n) is 5.77. The van der Waals surface area contributed by atoms with E-state index in [1.54, 1.807) is 7.11 Å². The van der Waals surface area contributed by atoms with E-state index in [1.165, 1.54) is 31.3 Å². The van der Waals surface area contributed by atoms with E-state index in [2.05, 4.69) is 33.4 Å². The normalized spacial score (nSPS) is 40.5. The number of rotatable bonds is 3. The molecule has 0 spiro atoms. The second kappa shape index (κ2) is 6.33. The Labute approximate surface area is 146 Å². The van der Waals surface area contributed by atoms with Gasteiger partial charge in [-0.3, -0.25) is 0 Å². The largest absolute Gasteiger partial charge is 0.432 e. The van der Waals surface area contributed by atoms with Crippen molar-refractivity contribution in [1.29, 1.82) is 0 Å². The lowest BCUT2D eigenvalue weighted by molar-refractivity contribution is -0.156. The lowest BCUT2D eigenvalue weighted by Gasteiger charge is -2.58. The lowest BCUT2D eigenvalue weighted by Crippen LogP contribution is -2.49. The van der Waals surface area contributed by atoms with Crippen LogP contribution in [0, 0.1) is 22.7 Å². The van der Waals surface area contributed by atoms with E-state index in [9.17, 15) is 4.79 Å². The van der Waals surface area contributed by atoms with Crippen molar-refractivity contribution < 1.29 is 14.3 Å². The molecule has 24 heavy (non-hydrogen) atoms. The Bertz CT molecular complexity index is 559. The van der Waals surface area contributed by atoms with Gasteiger partial charge in [0.05, 0.1) is 0 Å². The molecule has 3 fully saturated rings. The predicted molar refractivity (Wildman–Crippen MR) is 95.3 cm³/mol. The van der Waals surface area contributed by atoms with Crippen molar-refractivity contribution in [2.45, 2.75) is 72.0 Å². The van der Waals surface area contributed by atoms with E-state index in [4.69, 9.17) is 9.47 Å². The molecule has 2 saturated carbocycles. The van der Waals surface area contributed by atoms with Crippen LogP contribution in [0.4, 0.5) is 0 Å². The molecule has 1 saturated heterocycles. The number of methoxy groups -OCH3 is 1. The third-order valence-electron chi connectivity index (χ3n) is 7.07. The lowest BCUT2D eigenvalue weighted by atomic mass is 9.47. The van der Waals surface area contributed by atoms with E-state index >= 15 is 0 Å². The zero-order chi connectivity index (χ0) is 17.5. The number of hydrogen-bond donors (Lipinski definition) is 0. The summed E-state index contributed by atoms with van der Waals surface area (Å²) in [6.45, 7) is 11.8. The first kappa shape index (κ1) is 17.7. The molecule has 3 aliphatic rings. The molecule has 1 aliphatic heterocycles. The minimum absolute atomic E-state index is 0.214. The van der Waals surface area contributed by atoms with Crippen molar-refractivity contribution in [2.75, 3.05) is 7.11 Å². The van der Waals surface area contributed by atoms with Crippen LogP contribution < -0.4 is 0 Å². The minimum Gasteiger partial charge on any atom is -0.432 e. The van der Waals surface area contributed by atoms with Crippen LogP contribution in [0.5, 0.6) is 0 Å². The highest BCUT2D eigenvalue weighted by Crippen LogP contribution is 2.61. The molecule has 2 aliphatic carbocycles. The summed E-state index contributed by atoms with van der Waals surface area (Å²) in [5, 5.41) is 0. The first-order valence-corrected chi connectivity index (χ1v) is 9.38. The van der Waals surface area contributed by atoms with Crippen LogP contribution in [0.25, 0.3) is 0 Å². The average Bonchev–Trinajstić information content (AvgIpc) is 2.86. The Morgan fingerprint density at radius 2 is 2.08 bits per heavy atom. The maximum Gasteiger partial charge on any atom is 0.336 e. The van der Waals surface area contributed by atoms with Crippen LogP contribution in [0.15, 0.2) is 23.8 Å². The molecule has 0 radical (unpaired) electrons. The summed E-state index contributed by atoms with van der Waals surface area (Å²) in [5.41, 5.74) is 2.86. The average molecular weight is 332 g/mol. The number of hydrogen-bond acceptors (Lipinski definition) is 3. The van der Waals surface area contributed by atoms with E-state index in [0.29, 0.717) is 23.2 Å². The van der Waals surface area contributed by atoms with Crippen molar-refractivity contribution in [3.05, 3.63) is 23.8 Å². The van der Waals surface area contributed by atoms with Gasteiger partial charge in [0.2, 0.25) is 6.29 Å². The zero-order valence-electron chi connectivity index (χ0n) is 15.7. The molecule has 0 unspecified atom stereocenters. The third-order valence-corrected chi connectivity index (χ3v) is 7.07. The number of esters is 1. The SMILES string of the molecule is C=C1CC[C@H]2C(C)(C)CCC[C@]2(C)[C@H]1C/C=C1\C[C@@H](OC)OC1=O. The molecule has 3 nitrogen and oxygen atoms in total. The van der Waals surface area contributed by atoms with Crippen LogP contribution in [0.3, 0.4) is 0 Å². The van der Waals surface area contributed by atoms with Gasteiger partial charge in [-0.1, -0.05) is 45.4 Å². The molecule has 0 aromatic carbocycles. The standard InChI is InChI=1S/C21H32O3/c1-14-7-10-17-20(2,3)11-6-12-21(17,4)16(14)9-8-15-13-18(23-5)24-19(15)22/h8,16-18H,1,6-7,9-13H2,2-5H3/b15-8+/t16-,17-,18-,21+/m0/s1. The summed E-state index contributed by atoms with van der Waals surface area (Å²) in [6.07, 6.45) is 9.47. The molecule has 1 heterocycles. The molecule has 0 aromatic rings. The van der Waals surface area contributed by atoms with Gasteiger partial charge in [-0.2, -0.15) is 0 Å². The number of carbonyl (C=O) groups is 1. The third kappa shape index (κ3) is 2.96. The zero-order valence-corrected chi connectivity index (χ0v) is 15.7. The van der Waals surface area contributed by atoms with Crippen LogP contribution >= 0.6 is 0 Å². The minimum atomic E-state index is -0.407. The molecular weight excluding hydrogens is 300 g/mol. The first-order chi connectivity index (χ1) is 11.3. The van der Waals surface area contributed by atoms with Crippen molar-refractivity contribution in [2.24, 2.45) is 22.7 Å². The maximum atomic E-state index is 12.0. The Morgan fingerprint density at radius 1 is 1.33 bits per heavy atom. The second-order valence-corrected chi connectivity index (χ2v) is 8.89. The number of carbonyl (C=O) groups excluding carboxylic acids is 1. The Morgan fingerprint density at radius 3 is 2.75 bits per heavy atom. The Hall–Kier alpha value is -1.09. The Kier molecular flexibility index (Phi) is 4.67. The molecule has 0 aromatic heterocycles. The van der Waals surface area contributed by atoms with Gasteiger partial charge in [-0.05, 0) is 54.8 Å². The van der Waals surface area contributed by atoms with Crippen molar-refractivity contribution in [1.82, 2.24) is 0 Å². The van der Waals surface area contributed by atoms with Crippen LogP contribution in [0.2, 0.25) is 0 Å².